The van der Waals surface area contributed by atoms with Crippen molar-refractivity contribution in [3.05, 3.63) is 47.5 Å². The van der Waals surface area contributed by atoms with Gasteiger partial charge in [-0.3, -0.25) is 4.79 Å². The molecule has 88 valence electrons. The summed E-state index contributed by atoms with van der Waals surface area (Å²) in [4.78, 5) is 11.7. The third-order valence-electron chi connectivity index (χ3n) is 3.45. The van der Waals surface area contributed by atoms with Gasteiger partial charge in [0.2, 0.25) is 0 Å². The Morgan fingerprint density at radius 3 is 2.35 bits per heavy atom. The zero-order valence-electron chi connectivity index (χ0n) is 10.7. The van der Waals surface area contributed by atoms with E-state index >= 15 is 0 Å². The number of Topliss-reactive ketones (excluding diaryl/α,β-unsaturated/α-hetero) is 1. The molecule has 2 rings (SSSR count). The van der Waals surface area contributed by atoms with E-state index in [-0.39, 0.29) is 11.7 Å². The quantitative estimate of drug-likeness (QED) is 0.765. The van der Waals surface area contributed by atoms with Crippen molar-refractivity contribution in [2.75, 3.05) is 0 Å². The Morgan fingerprint density at radius 2 is 1.76 bits per heavy atom. The Balaban J connectivity index is 2.70. The van der Waals surface area contributed by atoms with Crippen molar-refractivity contribution in [1.29, 1.82) is 0 Å². The number of ketones is 1. The molecule has 1 heteroatoms. The van der Waals surface area contributed by atoms with E-state index in [2.05, 4.69) is 38.1 Å². The number of hydrogen-bond acceptors (Lipinski definition) is 1. The zero-order valence-corrected chi connectivity index (χ0v) is 10.7. The first-order chi connectivity index (χ1) is 8.15. The number of hydrogen-bond donors (Lipinski definition) is 0. The van der Waals surface area contributed by atoms with Gasteiger partial charge in [-0.1, -0.05) is 43.3 Å². The molecule has 0 fully saturated rings. The molecule has 0 spiro atoms. The lowest BCUT2D eigenvalue weighted by molar-refractivity contribution is -0.118. The van der Waals surface area contributed by atoms with Crippen LogP contribution in [0.25, 0.3) is 10.8 Å². The normalized spacial score (nSPS) is 12.6. The van der Waals surface area contributed by atoms with Crippen LogP contribution in [0.4, 0.5) is 0 Å². The molecule has 0 bridgehead atoms. The molecular weight excluding hydrogens is 208 g/mol. The number of carbonyl (C=O) groups is 1. The molecule has 1 unspecified atom stereocenters. The molecule has 2 aromatic rings. The molecule has 0 saturated heterocycles. The lowest BCUT2D eigenvalue weighted by Crippen LogP contribution is -2.08. The molecule has 0 aliphatic rings. The van der Waals surface area contributed by atoms with Crippen LogP contribution in [0.2, 0.25) is 0 Å². The van der Waals surface area contributed by atoms with Crippen LogP contribution in [0, 0.1) is 6.92 Å². The first-order valence-corrected chi connectivity index (χ1v) is 6.13. The van der Waals surface area contributed by atoms with Crippen LogP contribution in [0.5, 0.6) is 0 Å². The van der Waals surface area contributed by atoms with Gasteiger partial charge in [-0.25, -0.2) is 0 Å². The van der Waals surface area contributed by atoms with E-state index < -0.39 is 0 Å². The standard InChI is InChI=1S/C16H18O/c1-4-13(12(3)17)16-10-9-11(2)14-7-5-6-8-15(14)16/h5-10,13H,4H2,1-3H3. The Hall–Kier alpha value is -1.63. The maximum Gasteiger partial charge on any atom is 0.137 e. The van der Waals surface area contributed by atoms with Crippen LogP contribution < -0.4 is 0 Å². The van der Waals surface area contributed by atoms with E-state index in [0.717, 1.165) is 6.42 Å². The van der Waals surface area contributed by atoms with Gasteiger partial charge in [-0.2, -0.15) is 0 Å². The van der Waals surface area contributed by atoms with Crippen molar-refractivity contribution in [3.8, 4) is 0 Å². The van der Waals surface area contributed by atoms with Crippen LogP contribution in [-0.4, -0.2) is 5.78 Å². The summed E-state index contributed by atoms with van der Waals surface area (Å²) in [5.41, 5.74) is 2.43. The van der Waals surface area contributed by atoms with E-state index in [1.807, 2.05) is 12.1 Å². The van der Waals surface area contributed by atoms with Crippen molar-refractivity contribution in [3.63, 3.8) is 0 Å². The Morgan fingerprint density at radius 1 is 1.12 bits per heavy atom. The number of aryl methyl sites for hydroxylation is 1. The highest BCUT2D eigenvalue weighted by molar-refractivity contribution is 5.94. The molecule has 0 heterocycles. The fourth-order valence-electron chi connectivity index (χ4n) is 2.50. The second kappa shape index (κ2) is 4.70. The Labute approximate surface area is 102 Å². The maximum absolute atomic E-state index is 11.7. The van der Waals surface area contributed by atoms with Crippen LogP contribution in [0.15, 0.2) is 36.4 Å². The van der Waals surface area contributed by atoms with E-state index in [1.165, 1.54) is 21.9 Å². The minimum absolute atomic E-state index is 0.0282. The lowest BCUT2D eigenvalue weighted by Gasteiger charge is -2.15. The lowest BCUT2D eigenvalue weighted by atomic mass is 9.88. The molecule has 0 radical (unpaired) electrons. The minimum Gasteiger partial charge on any atom is -0.299 e. The fraction of sp³-hybridized carbons (Fsp3) is 0.312. The summed E-state index contributed by atoms with van der Waals surface area (Å²) in [5.74, 6) is 0.280. The highest BCUT2D eigenvalue weighted by Crippen LogP contribution is 2.30. The van der Waals surface area contributed by atoms with Crippen LogP contribution in [0.1, 0.15) is 37.3 Å². The van der Waals surface area contributed by atoms with E-state index in [9.17, 15) is 4.79 Å². The predicted octanol–water partition coefficient (Wildman–Crippen LogP) is 4.23. The van der Waals surface area contributed by atoms with Gasteiger partial charge in [0.1, 0.15) is 5.78 Å². The molecule has 0 N–H and O–H groups in total. The van der Waals surface area contributed by atoms with Gasteiger partial charge in [0, 0.05) is 5.92 Å². The minimum atomic E-state index is 0.0282. The predicted molar refractivity (Wildman–Crippen MR) is 72.4 cm³/mol. The summed E-state index contributed by atoms with van der Waals surface area (Å²) < 4.78 is 0. The van der Waals surface area contributed by atoms with Gasteiger partial charge in [-0.15, -0.1) is 0 Å². The van der Waals surface area contributed by atoms with Crippen LogP contribution in [-0.2, 0) is 4.79 Å². The number of carbonyl (C=O) groups excluding carboxylic acids is 1. The van der Waals surface area contributed by atoms with Gasteiger partial charge in [-0.05, 0) is 42.2 Å². The average molecular weight is 226 g/mol. The van der Waals surface area contributed by atoms with Crippen molar-refractivity contribution in [1.82, 2.24) is 0 Å². The van der Waals surface area contributed by atoms with Gasteiger partial charge < -0.3 is 0 Å². The van der Waals surface area contributed by atoms with Crippen LogP contribution in [0.3, 0.4) is 0 Å². The second-order valence-electron chi connectivity index (χ2n) is 4.59. The van der Waals surface area contributed by atoms with Crippen LogP contribution >= 0.6 is 0 Å². The molecular formula is C16H18O. The molecule has 17 heavy (non-hydrogen) atoms. The smallest absolute Gasteiger partial charge is 0.137 e. The molecule has 0 amide bonds. The largest absolute Gasteiger partial charge is 0.299 e. The summed E-state index contributed by atoms with van der Waals surface area (Å²) in [6.07, 6.45) is 0.863. The summed E-state index contributed by atoms with van der Waals surface area (Å²) in [7, 11) is 0. The Bertz CT molecular complexity index is 554. The molecule has 0 saturated carbocycles. The second-order valence-corrected chi connectivity index (χ2v) is 4.59. The SMILES string of the molecule is CCC(C(C)=O)c1ccc(C)c2ccccc12. The highest BCUT2D eigenvalue weighted by atomic mass is 16.1. The van der Waals surface area contributed by atoms with E-state index in [0.29, 0.717) is 0 Å². The first kappa shape index (κ1) is 11.8. The van der Waals surface area contributed by atoms with Gasteiger partial charge in [0.15, 0.2) is 0 Å². The Kier molecular flexibility index (Phi) is 3.28. The molecule has 0 aliphatic heterocycles. The zero-order chi connectivity index (χ0) is 12.4. The number of benzene rings is 2. The van der Waals surface area contributed by atoms with Gasteiger partial charge in [0.25, 0.3) is 0 Å². The first-order valence-electron chi connectivity index (χ1n) is 6.13. The van der Waals surface area contributed by atoms with Crippen molar-refractivity contribution in [2.24, 2.45) is 0 Å². The summed E-state index contributed by atoms with van der Waals surface area (Å²) >= 11 is 0. The molecule has 2 aromatic carbocycles. The molecule has 1 atom stereocenters. The summed E-state index contributed by atoms with van der Waals surface area (Å²) in [6.45, 7) is 5.87. The summed E-state index contributed by atoms with van der Waals surface area (Å²) in [6, 6.07) is 12.5. The van der Waals surface area contributed by atoms with E-state index in [4.69, 9.17) is 0 Å². The van der Waals surface area contributed by atoms with Gasteiger partial charge >= 0.3 is 0 Å². The highest BCUT2D eigenvalue weighted by Gasteiger charge is 2.17. The fourth-order valence-corrected chi connectivity index (χ4v) is 2.50. The van der Waals surface area contributed by atoms with Crippen molar-refractivity contribution in [2.45, 2.75) is 33.1 Å². The number of fused-ring (bicyclic) bond motifs is 1. The van der Waals surface area contributed by atoms with Gasteiger partial charge in [0.05, 0.1) is 0 Å². The monoisotopic (exact) mass is 226 g/mol. The van der Waals surface area contributed by atoms with E-state index in [1.54, 1.807) is 6.92 Å². The third kappa shape index (κ3) is 2.10. The molecule has 1 nitrogen and oxygen atoms in total. The topological polar surface area (TPSA) is 17.1 Å². The average Bonchev–Trinajstić information content (AvgIpc) is 2.33. The summed E-state index contributed by atoms with van der Waals surface area (Å²) in [5, 5.41) is 2.47. The number of rotatable bonds is 3. The van der Waals surface area contributed by atoms with Crippen molar-refractivity contribution >= 4 is 16.6 Å². The maximum atomic E-state index is 11.7. The molecule has 0 aromatic heterocycles. The van der Waals surface area contributed by atoms with Crippen molar-refractivity contribution < 1.29 is 4.79 Å². The third-order valence-corrected chi connectivity index (χ3v) is 3.45. The molecule has 0 aliphatic carbocycles.